The van der Waals surface area contributed by atoms with E-state index in [1.807, 2.05) is 40.1 Å². The molecule has 0 bridgehead atoms. The van der Waals surface area contributed by atoms with Gasteiger partial charge in [0.1, 0.15) is 22.7 Å². The van der Waals surface area contributed by atoms with Crippen molar-refractivity contribution in [2.24, 2.45) is 0 Å². The molecule has 9 nitrogen and oxygen atoms in total. The highest BCUT2D eigenvalue weighted by molar-refractivity contribution is 6.02. The minimum Gasteiger partial charge on any atom is -0.456 e. The number of aryl methyl sites for hydroxylation is 1. The van der Waals surface area contributed by atoms with Gasteiger partial charge in [-0.15, -0.1) is 11.7 Å². The first-order valence-electron chi connectivity index (χ1n) is 20.0. The molecule has 282 valence electrons. The van der Waals surface area contributed by atoms with Crippen LogP contribution in [0.5, 0.6) is 11.5 Å². The first-order chi connectivity index (χ1) is 26.0. The Bertz CT molecular complexity index is 1770. The molecule has 1 spiro atoms. The smallest absolute Gasteiger partial charge is 0.255 e. The van der Waals surface area contributed by atoms with Gasteiger partial charge >= 0.3 is 0 Å². The second-order valence-corrected chi connectivity index (χ2v) is 14.1. The third-order valence-corrected chi connectivity index (χ3v) is 11.0. The van der Waals surface area contributed by atoms with Crippen molar-refractivity contribution in [1.29, 1.82) is 0 Å². The molecule has 2 aliphatic heterocycles. The Morgan fingerprint density at radius 3 is 2.00 bits per heavy atom. The molecular weight excluding hydrogens is 661 g/mol. The molecule has 3 heterocycles. The van der Waals surface area contributed by atoms with Crippen molar-refractivity contribution in [3.63, 3.8) is 0 Å². The summed E-state index contributed by atoms with van der Waals surface area (Å²) >= 11 is 0. The van der Waals surface area contributed by atoms with E-state index in [4.69, 9.17) is 9.47 Å². The van der Waals surface area contributed by atoms with E-state index >= 15 is 0 Å². The number of rotatable bonds is 21. The quantitative estimate of drug-likeness (QED) is 0.0628. The maximum Gasteiger partial charge on any atom is 0.255 e. The van der Waals surface area contributed by atoms with Crippen LogP contribution in [0.1, 0.15) is 112 Å². The first-order valence-corrected chi connectivity index (χ1v) is 20.0. The van der Waals surface area contributed by atoms with Crippen LogP contribution in [-0.2, 0) is 23.4 Å². The van der Waals surface area contributed by atoms with E-state index in [9.17, 15) is 4.79 Å². The Morgan fingerprint density at radius 2 is 1.38 bits per heavy atom. The number of hydrogen-bond donors (Lipinski definition) is 0. The van der Waals surface area contributed by atoms with Gasteiger partial charge in [0.05, 0.1) is 19.4 Å². The number of ether oxygens (including phenoxy) is 2. The molecule has 1 aromatic heterocycles. The molecule has 0 fully saturated rings. The molecule has 0 unspecified atom stereocenters. The Kier molecular flexibility index (Phi) is 12.9. The number of allylic oxidation sites excluding steroid dienone is 1. The molecule has 3 aromatic carbocycles. The van der Waals surface area contributed by atoms with Gasteiger partial charge in [-0.1, -0.05) is 73.7 Å². The number of amides is 1. The fourth-order valence-electron chi connectivity index (χ4n) is 8.19. The fraction of sp³-hybridized carbons (Fsp3) is 0.477. The average Bonchev–Trinajstić information content (AvgIpc) is 3.73. The SMILES string of the molecule is C=CCCCCCCCCCn1cc(COCCN2C(=O)c3ccccc3C23c2ccc(N(CC)CC)cc2Oc2cc(N(CC)CC)ccc23)nn1. The third-order valence-electron chi connectivity index (χ3n) is 11.0. The van der Waals surface area contributed by atoms with Crippen molar-refractivity contribution in [2.75, 3.05) is 49.1 Å². The van der Waals surface area contributed by atoms with E-state index in [-0.39, 0.29) is 5.91 Å². The standard InChI is InChI=1S/C44H58N6O3/c1-6-11-12-13-14-15-16-17-20-27-49-32-34(45-46-49)33-52-29-28-50-43(51)37-21-18-19-22-38(37)44(50)39-25-23-35(47(7-2)8-3)30-41(39)53-42-31-36(24-26-40(42)44)48(9-4)10-5/h6,18-19,21-26,30-32H,1,7-17,20,27-29,33H2,2-5H3. The Labute approximate surface area is 316 Å². The summed E-state index contributed by atoms with van der Waals surface area (Å²) in [5, 5.41) is 8.73. The summed E-state index contributed by atoms with van der Waals surface area (Å²) in [7, 11) is 0. The Hall–Kier alpha value is -4.63. The van der Waals surface area contributed by atoms with Gasteiger partial charge in [-0.25, -0.2) is 0 Å². The fourth-order valence-corrected chi connectivity index (χ4v) is 8.19. The van der Waals surface area contributed by atoms with Crippen LogP contribution in [0.15, 0.2) is 79.5 Å². The van der Waals surface area contributed by atoms with Crippen LogP contribution >= 0.6 is 0 Å². The van der Waals surface area contributed by atoms with E-state index in [1.165, 1.54) is 38.5 Å². The molecule has 9 heteroatoms. The van der Waals surface area contributed by atoms with Crippen LogP contribution in [0.4, 0.5) is 11.4 Å². The number of aromatic nitrogens is 3. The summed E-state index contributed by atoms with van der Waals surface area (Å²) < 4.78 is 15.0. The zero-order chi connectivity index (χ0) is 37.2. The van der Waals surface area contributed by atoms with E-state index in [2.05, 4.69) is 96.9 Å². The highest BCUT2D eigenvalue weighted by atomic mass is 16.5. The van der Waals surface area contributed by atoms with Crippen molar-refractivity contribution in [2.45, 2.75) is 97.8 Å². The average molecular weight is 719 g/mol. The van der Waals surface area contributed by atoms with Crippen LogP contribution in [0.2, 0.25) is 0 Å². The van der Waals surface area contributed by atoms with Crippen molar-refractivity contribution in [3.05, 3.63) is 107 Å². The van der Waals surface area contributed by atoms with Gasteiger partial charge in [0, 0.05) is 79.5 Å². The number of hydrogen-bond acceptors (Lipinski definition) is 7. The molecule has 0 N–H and O–H groups in total. The van der Waals surface area contributed by atoms with Gasteiger partial charge in [-0.3, -0.25) is 9.48 Å². The summed E-state index contributed by atoms with van der Waals surface area (Å²) in [5.41, 5.74) is 5.73. The third kappa shape index (κ3) is 7.86. The van der Waals surface area contributed by atoms with Gasteiger partial charge in [0.2, 0.25) is 0 Å². The van der Waals surface area contributed by atoms with E-state index in [0.29, 0.717) is 25.3 Å². The normalized spacial score (nSPS) is 13.8. The molecule has 0 atom stereocenters. The molecule has 0 aliphatic carbocycles. The minimum atomic E-state index is -0.877. The molecule has 4 aromatic rings. The van der Waals surface area contributed by atoms with Crippen LogP contribution in [0.25, 0.3) is 0 Å². The van der Waals surface area contributed by atoms with Crippen LogP contribution < -0.4 is 14.5 Å². The Balaban J connectivity index is 1.22. The lowest BCUT2D eigenvalue weighted by atomic mass is 9.74. The first kappa shape index (κ1) is 38.1. The van der Waals surface area contributed by atoms with Gasteiger partial charge in [0.15, 0.2) is 0 Å². The van der Waals surface area contributed by atoms with E-state index in [1.54, 1.807) is 0 Å². The number of unbranched alkanes of at least 4 members (excludes halogenated alkanes) is 7. The predicted molar refractivity (Wildman–Crippen MR) is 214 cm³/mol. The van der Waals surface area contributed by atoms with E-state index < -0.39 is 5.54 Å². The van der Waals surface area contributed by atoms with Gasteiger partial charge < -0.3 is 24.2 Å². The summed E-state index contributed by atoms with van der Waals surface area (Å²) in [5.74, 6) is 1.54. The number of anilines is 2. The largest absolute Gasteiger partial charge is 0.456 e. The maximum absolute atomic E-state index is 14.5. The summed E-state index contributed by atoms with van der Waals surface area (Å²) in [4.78, 5) is 21.1. The molecule has 0 radical (unpaired) electrons. The van der Waals surface area contributed by atoms with Crippen LogP contribution in [0, 0.1) is 0 Å². The topological polar surface area (TPSA) is 76.0 Å². The maximum atomic E-state index is 14.5. The van der Waals surface area contributed by atoms with Gasteiger partial charge in [0.25, 0.3) is 5.91 Å². The minimum absolute atomic E-state index is 0.00801. The van der Waals surface area contributed by atoms with Crippen molar-refractivity contribution in [3.8, 4) is 11.5 Å². The lowest BCUT2D eigenvalue weighted by Gasteiger charge is -2.44. The number of carbonyl (C=O) groups excluding carboxylic acids is 1. The highest BCUT2D eigenvalue weighted by Crippen LogP contribution is 2.58. The highest BCUT2D eigenvalue weighted by Gasteiger charge is 2.56. The Morgan fingerprint density at radius 1 is 0.774 bits per heavy atom. The molecule has 2 aliphatic rings. The van der Waals surface area contributed by atoms with Gasteiger partial charge in [-0.2, -0.15) is 0 Å². The van der Waals surface area contributed by atoms with E-state index in [0.717, 1.165) is 90.8 Å². The van der Waals surface area contributed by atoms with Crippen LogP contribution in [0.3, 0.4) is 0 Å². The summed E-state index contributed by atoms with van der Waals surface area (Å²) in [6.07, 6.45) is 13.8. The number of fused-ring (bicyclic) bond motifs is 6. The molecule has 0 saturated heterocycles. The second-order valence-electron chi connectivity index (χ2n) is 14.1. The summed E-state index contributed by atoms with van der Waals surface area (Å²) in [6, 6.07) is 21.0. The zero-order valence-corrected chi connectivity index (χ0v) is 32.4. The van der Waals surface area contributed by atoms with Crippen molar-refractivity contribution < 1.29 is 14.3 Å². The second kappa shape index (κ2) is 17.9. The monoisotopic (exact) mass is 718 g/mol. The molecule has 6 rings (SSSR count). The molecule has 0 saturated carbocycles. The lowest BCUT2D eigenvalue weighted by Crippen LogP contribution is -2.48. The number of carbonyl (C=O) groups is 1. The molecule has 53 heavy (non-hydrogen) atoms. The predicted octanol–water partition coefficient (Wildman–Crippen LogP) is 9.35. The number of benzene rings is 3. The van der Waals surface area contributed by atoms with Crippen molar-refractivity contribution in [1.82, 2.24) is 19.9 Å². The number of nitrogens with zero attached hydrogens (tertiary/aromatic N) is 6. The lowest BCUT2D eigenvalue weighted by molar-refractivity contribution is 0.0481. The molecule has 1 amide bonds. The van der Waals surface area contributed by atoms with Crippen molar-refractivity contribution >= 4 is 17.3 Å². The molecular formula is C44H58N6O3. The zero-order valence-electron chi connectivity index (χ0n) is 32.4. The van der Waals surface area contributed by atoms with Crippen LogP contribution in [-0.4, -0.2) is 65.1 Å². The van der Waals surface area contributed by atoms with Gasteiger partial charge in [-0.05, 0) is 70.7 Å². The summed E-state index contributed by atoms with van der Waals surface area (Å²) in [6.45, 7) is 18.0.